The first-order chi connectivity index (χ1) is 11.1. The lowest BCUT2D eigenvalue weighted by Gasteiger charge is -2.27. The molecule has 2 N–H and O–H groups in total. The summed E-state index contributed by atoms with van der Waals surface area (Å²) in [5.74, 6) is -0.462. The number of amides is 1. The highest BCUT2D eigenvalue weighted by atomic mass is 19.1. The smallest absolute Gasteiger partial charge is 0.309 e. The number of piperidine rings is 1. The SMILES string of the molecule is COC(=O)C1CC[NH+](CC(=O)NCCc2ccccc2F)CC1. The Morgan fingerprint density at radius 1 is 1.30 bits per heavy atom. The van der Waals surface area contributed by atoms with E-state index in [1.807, 2.05) is 0 Å². The van der Waals surface area contributed by atoms with E-state index in [4.69, 9.17) is 4.74 Å². The van der Waals surface area contributed by atoms with E-state index in [1.54, 1.807) is 18.2 Å². The van der Waals surface area contributed by atoms with Crippen LogP contribution in [0, 0.1) is 11.7 Å². The Balaban J connectivity index is 1.66. The number of carbonyl (C=O) groups is 2. The predicted molar refractivity (Wildman–Crippen MR) is 83.4 cm³/mol. The summed E-state index contributed by atoms with van der Waals surface area (Å²) in [6, 6.07) is 6.59. The number of nitrogens with one attached hydrogen (secondary N) is 2. The molecule has 1 amide bonds. The molecule has 1 fully saturated rings. The first kappa shape index (κ1) is 17.4. The molecule has 0 unspecified atom stereocenters. The van der Waals surface area contributed by atoms with E-state index in [1.165, 1.54) is 18.1 Å². The molecule has 2 rings (SSSR count). The van der Waals surface area contributed by atoms with Crippen molar-refractivity contribution in [3.8, 4) is 0 Å². The Labute approximate surface area is 135 Å². The van der Waals surface area contributed by atoms with Crippen LogP contribution in [0.4, 0.5) is 4.39 Å². The average molecular weight is 323 g/mol. The Morgan fingerprint density at radius 3 is 2.65 bits per heavy atom. The monoisotopic (exact) mass is 323 g/mol. The molecule has 0 bridgehead atoms. The molecule has 6 heteroatoms. The number of methoxy groups -OCH3 is 1. The molecule has 0 aromatic heterocycles. The molecule has 0 atom stereocenters. The lowest BCUT2D eigenvalue weighted by Crippen LogP contribution is -3.14. The van der Waals surface area contributed by atoms with E-state index in [9.17, 15) is 14.0 Å². The van der Waals surface area contributed by atoms with Crippen LogP contribution in [0.25, 0.3) is 0 Å². The lowest BCUT2D eigenvalue weighted by molar-refractivity contribution is -0.897. The van der Waals surface area contributed by atoms with Gasteiger partial charge in [0.2, 0.25) is 0 Å². The number of quaternary nitrogens is 1. The molecular formula is C17H24FN2O3+. The first-order valence-corrected chi connectivity index (χ1v) is 8.01. The quantitative estimate of drug-likeness (QED) is 0.722. The van der Waals surface area contributed by atoms with Crippen LogP contribution in [-0.2, 0) is 20.7 Å². The summed E-state index contributed by atoms with van der Waals surface area (Å²) in [5.41, 5.74) is 0.610. The third-order valence-electron chi connectivity index (χ3n) is 4.31. The number of esters is 1. The van der Waals surface area contributed by atoms with Crippen LogP contribution in [0.2, 0.25) is 0 Å². The number of hydrogen-bond donors (Lipinski definition) is 2. The molecule has 1 aromatic carbocycles. The standard InChI is InChI=1S/C17H23FN2O3/c1-23-17(22)14-7-10-20(11-8-14)12-16(21)19-9-6-13-4-2-3-5-15(13)18/h2-5,14H,6-12H2,1H3,(H,19,21)/p+1. The normalized spacial score (nSPS) is 20.8. The van der Waals surface area contributed by atoms with Gasteiger partial charge in [-0.2, -0.15) is 0 Å². The summed E-state index contributed by atoms with van der Waals surface area (Å²) >= 11 is 0. The maximum absolute atomic E-state index is 13.5. The Morgan fingerprint density at radius 2 is 2.00 bits per heavy atom. The number of likely N-dealkylation sites (tertiary alicyclic amines) is 1. The average Bonchev–Trinajstić information content (AvgIpc) is 2.56. The fourth-order valence-electron chi connectivity index (χ4n) is 2.93. The van der Waals surface area contributed by atoms with Crippen molar-refractivity contribution < 1.29 is 23.6 Å². The zero-order valence-electron chi connectivity index (χ0n) is 13.4. The van der Waals surface area contributed by atoms with Crippen LogP contribution < -0.4 is 10.2 Å². The topological polar surface area (TPSA) is 59.8 Å². The highest BCUT2D eigenvalue weighted by Crippen LogP contribution is 2.10. The molecule has 0 radical (unpaired) electrons. The van der Waals surface area contributed by atoms with Crippen molar-refractivity contribution in [1.82, 2.24) is 5.32 Å². The van der Waals surface area contributed by atoms with Gasteiger partial charge in [-0.05, 0) is 18.1 Å². The van der Waals surface area contributed by atoms with Crippen molar-refractivity contribution in [2.45, 2.75) is 19.3 Å². The molecule has 5 nitrogen and oxygen atoms in total. The zero-order valence-corrected chi connectivity index (χ0v) is 13.4. The Bertz CT molecular complexity index is 542. The van der Waals surface area contributed by atoms with Gasteiger partial charge in [0.15, 0.2) is 6.54 Å². The number of rotatable bonds is 6. The molecule has 1 aliphatic heterocycles. The second-order valence-electron chi connectivity index (χ2n) is 5.92. The molecular weight excluding hydrogens is 299 g/mol. The van der Waals surface area contributed by atoms with E-state index in [2.05, 4.69) is 5.32 Å². The molecule has 1 saturated heterocycles. The van der Waals surface area contributed by atoms with Gasteiger partial charge >= 0.3 is 5.97 Å². The van der Waals surface area contributed by atoms with Gasteiger partial charge in [0.05, 0.1) is 26.1 Å². The minimum absolute atomic E-state index is 0.0344. The third-order valence-corrected chi connectivity index (χ3v) is 4.31. The van der Waals surface area contributed by atoms with Crippen molar-refractivity contribution in [1.29, 1.82) is 0 Å². The van der Waals surface area contributed by atoms with Crippen LogP contribution >= 0.6 is 0 Å². The van der Waals surface area contributed by atoms with Crippen LogP contribution in [-0.4, -0.2) is 45.2 Å². The molecule has 0 aliphatic carbocycles. The largest absolute Gasteiger partial charge is 0.469 e. The number of ether oxygens (including phenoxy) is 1. The first-order valence-electron chi connectivity index (χ1n) is 8.01. The highest BCUT2D eigenvalue weighted by molar-refractivity contribution is 5.76. The molecule has 0 spiro atoms. The van der Waals surface area contributed by atoms with Crippen LogP contribution in [0.5, 0.6) is 0 Å². The van der Waals surface area contributed by atoms with E-state index >= 15 is 0 Å². The summed E-state index contributed by atoms with van der Waals surface area (Å²) in [6.45, 7) is 2.41. The number of benzene rings is 1. The fraction of sp³-hybridized carbons (Fsp3) is 0.529. The summed E-state index contributed by atoms with van der Waals surface area (Å²) in [4.78, 5) is 24.6. The number of hydrogen-bond acceptors (Lipinski definition) is 3. The second kappa shape index (κ2) is 8.62. The maximum atomic E-state index is 13.5. The van der Waals surface area contributed by atoms with Gasteiger partial charge in [0.1, 0.15) is 5.82 Å². The summed E-state index contributed by atoms with van der Waals surface area (Å²) in [5, 5.41) is 2.83. The predicted octanol–water partition coefficient (Wildman–Crippen LogP) is -0.0477. The van der Waals surface area contributed by atoms with Gasteiger partial charge in [0, 0.05) is 19.4 Å². The third kappa shape index (κ3) is 5.32. The summed E-state index contributed by atoms with van der Waals surface area (Å²) in [6.07, 6.45) is 1.99. The summed E-state index contributed by atoms with van der Waals surface area (Å²) < 4.78 is 18.2. The number of carbonyl (C=O) groups excluding carboxylic acids is 2. The zero-order chi connectivity index (χ0) is 16.7. The molecule has 1 aromatic rings. The van der Waals surface area contributed by atoms with Crippen molar-refractivity contribution >= 4 is 11.9 Å². The lowest BCUT2D eigenvalue weighted by atomic mass is 9.97. The van der Waals surface area contributed by atoms with Crippen LogP contribution in [0.1, 0.15) is 18.4 Å². The van der Waals surface area contributed by atoms with Gasteiger partial charge in [-0.25, -0.2) is 4.39 Å². The minimum atomic E-state index is -0.239. The number of halogens is 1. The molecule has 0 saturated carbocycles. The van der Waals surface area contributed by atoms with Crippen molar-refractivity contribution in [2.24, 2.45) is 5.92 Å². The highest BCUT2D eigenvalue weighted by Gasteiger charge is 2.28. The van der Waals surface area contributed by atoms with Crippen molar-refractivity contribution in [3.05, 3.63) is 35.6 Å². The fourth-order valence-corrected chi connectivity index (χ4v) is 2.93. The summed E-state index contributed by atoms with van der Waals surface area (Å²) in [7, 11) is 1.41. The van der Waals surface area contributed by atoms with E-state index < -0.39 is 0 Å². The van der Waals surface area contributed by atoms with E-state index in [0.29, 0.717) is 25.1 Å². The van der Waals surface area contributed by atoms with Crippen LogP contribution in [0.3, 0.4) is 0 Å². The van der Waals surface area contributed by atoms with Gasteiger partial charge < -0.3 is 15.0 Å². The van der Waals surface area contributed by atoms with Gasteiger partial charge in [-0.1, -0.05) is 18.2 Å². The maximum Gasteiger partial charge on any atom is 0.309 e. The minimum Gasteiger partial charge on any atom is -0.469 e. The molecule has 1 aliphatic rings. The molecule has 23 heavy (non-hydrogen) atoms. The second-order valence-corrected chi connectivity index (χ2v) is 5.92. The molecule has 1 heterocycles. The van der Waals surface area contributed by atoms with Crippen molar-refractivity contribution in [2.75, 3.05) is 33.3 Å². The van der Waals surface area contributed by atoms with Crippen LogP contribution in [0.15, 0.2) is 24.3 Å². The van der Waals surface area contributed by atoms with Gasteiger partial charge in [0.25, 0.3) is 5.91 Å². The Kier molecular flexibility index (Phi) is 6.52. The van der Waals surface area contributed by atoms with Gasteiger partial charge in [-0.3, -0.25) is 9.59 Å². The molecule has 126 valence electrons. The Hall–Kier alpha value is -1.95. The van der Waals surface area contributed by atoms with E-state index in [0.717, 1.165) is 25.9 Å². The van der Waals surface area contributed by atoms with E-state index in [-0.39, 0.29) is 23.6 Å². The van der Waals surface area contributed by atoms with Crippen molar-refractivity contribution in [3.63, 3.8) is 0 Å². The van der Waals surface area contributed by atoms with Gasteiger partial charge in [-0.15, -0.1) is 0 Å².